The van der Waals surface area contributed by atoms with Gasteiger partial charge in [-0.1, -0.05) is 12.2 Å². The normalized spacial score (nSPS) is 25.7. The number of imide groups is 1. The molecular formula is C24H22N2O5. The van der Waals surface area contributed by atoms with Crippen molar-refractivity contribution in [2.24, 2.45) is 23.7 Å². The number of hydrogen-bond donors (Lipinski definition) is 1. The van der Waals surface area contributed by atoms with Gasteiger partial charge in [0.1, 0.15) is 11.5 Å². The molecule has 1 saturated heterocycles. The van der Waals surface area contributed by atoms with Crippen LogP contribution in [0.1, 0.15) is 16.8 Å². The third kappa shape index (κ3) is 3.00. The lowest BCUT2D eigenvalue weighted by molar-refractivity contribution is -0.123. The first-order valence-electron chi connectivity index (χ1n) is 10.2. The molecule has 2 bridgehead atoms. The molecule has 1 heterocycles. The number of ether oxygens (including phenoxy) is 2. The molecule has 2 fully saturated rings. The molecule has 1 aliphatic heterocycles. The second-order valence-electron chi connectivity index (χ2n) is 8.08. The Morgan fingerprint density at radius 3 is 2.16 bits per heavy atom. The van der Waals surface area contributed by atoms with Gasteiger partial charge in [0, 0.05) is 11.6 Å². The number of anilines is 2. The number of methoxy groups -OCH3 is 2. The van der Waals surface area contributed by atoms with Gasteiger partial charge < -0.3 is 14.8 Å². The quantitative estimate of drug-likeness (QED) is 0.595. The number of nitrogens with zero attached hydrogens (tertiary/aromatic N) is 1. The standard InChI is InChI=1S/C24H22N2O5/c1-30-17-9-10-18(19(12-17)31-2)25-22(27)13-5-7-16(8-6-13)26-23(28)20-14-3-4-15(11-14)21(20)24(26)29/h3-10,12,14-15,20-21H,11H2,1-2H3,(H,25,27)/t14-,15+,20-,21-/m1/s1. The highest BCUT2D eigenvalue weighted by Gasteiger charge is 2.59. The van der Waals surface area contributed by atoms with Gasteiger partial charge in [0.05, 0.1) is 37.4 Å². The fourth-order valence-electron chi connectivity index (χ4n) is 5.01. The summed E-state index contributed by atoms with van der Waals surface area (Å²) in [4.78, 5) is 39.9. The summed E-state index contributed by atoms with van der Waals surface area (Å²) in [6.45, 7) is 0. The number of rotatable bonds is 5. The number of carbonyl (C=O) groups is 3. The fourth-order valence-corrected chi connectivity index (χ4v) is 5.01. The molecule has 158 valence electrons. The van der Waals surface area contributed by atoms with Crippen LogP contribution in [0.5, 0.6) is 11.5 Å². The Kier molecular flexibility index (Phi) is 4.54. The van der Waals surface area contributed by atoms with Crippen LogP contribution >= 0.6 is 0 Å². The summed E-state index contributed by atoms with van der Waals surface area (Å²) in [5, 5.41) is 2.81. The molecule has 2 aliphatic carbocycles. The number of benzene rings is 2. The molecule has 0 unspecified atom stereocenters. The minimum Gasteiger partial charge on any atom is -0.497 e. The van der Waals surface area contributed by atoms with Crippen molar-refractivity contribution in [3.05, 3.63) is 60.2 Å². The zero-order valence-electron chi connectivity index (χ0n) is 17.2. The maximum atomic E-state index is 12.9. The predicted octanol–water partition coefficient (Wildman–Crippen LogP) is 3.27. The Bertz CT molecular complexity index is 1080. The van der Waals surface area contributed by atoms with Crippen LogP contribution in [0.25, 0.3) is 0 Å². The van der Waals surface area contributed by atoms with Crippen molar-refractivity contribution in [3.63, 3.8) is 0 Å². The van der Waals surface area contributed by atoms with Crippen molar-refractivity contribution in [2.45, 2.75) is 6.42 Å². The predicted molar refractivity (Wildman–Crippen MR) is 114 cm³/mol. The maximum absolute atomic E-state index is 12.9. The summed E-state index contributed by atoms with van der Waals surface area (Å²) in [6.07, 6.45) is 5.04. The van der Waals surface area contributed by atoms with E-state index in [0.717, 1.165) is 6.42 Å². The molecule has 3 amide bonds. The zero-order valence-corrected chi connectivity index (χ0v) is 17.2. The van der Waals surface area contributed by atoms with Crippen LogP contribution in [0.15, 0.2) is 54.6 Å². The van der Waals surface area contributed by atoms with E-state index in [1.165, 1.54) is 12.0 Å². The molecule has 1 saturated carbocycles. The smallest absolute Gasteiger partial charge is 0.255 e. The number of nitrogens with one attached hydrogen (secondary N) is 1. The molecule has 1 N–H and O–H groups in total. The van der Waals surface area contributed by atoms with E-state index < -0.39 is 0 Å². The number of amides is 3. The number of allylic oxidation sites excluding steroid dienone is 2. The van der Waals surface area contributed by atoms with E-state index in [2.05, 4.69) is 17.5 Å². The Morgan fingerprint density at radius 2 is 1.58 bits per heavy atom. The van der Waals surface area contributed by atoms with Gasteiger partial charge in [-0.05, 0) is 54.7 Å². The van der Waals surface area contributed by atoms with Gasteiger partial charge in [-0.25, -0.2) is 0 Å². The van der Waals surface area contributed by atoms with E-state index in [4.69, 9.17) is 9.47 Å². The second kappa shape index (κ2) is 7.27. The third-order valence-electron chi connectivity index (χ3n) is 6.51. The van der Waals surface area contributed by atoms with Crippen LogP contribution < -0.4 is 19.7 Å². The largest absolute Gasteiger partial charge is 0.497 e. The Labute approximate surface area is 179 Å². The molecule has 0 radical (unpaired) electrons. The van der Waals surface area contributed by atoms with Crippen molar-refractivity contribution in [1.82, 2.24) is 0 Å². The average molecular weight is 418 g/mol. The summed E-state index contributed by atoms with van der Waals surface area (Å²) in [6, 6.07) is 11.6. The van der Waals surface area contributed by atoms with Gasteiger partial charge in [0.15, 0.2) is 0 Å². The molecule has 2 aromatic rings. The third-order valence-corrected chi connectivity index (χ3v) is 6.51. The van der Waals surface area contributed by atoms with E-state index in [1.807, 2.05) is 0 Å². The van der Waals surface area contributed by atoms with Crippen LogP contribution in [0.3, 0.4) is 0 Å². The summed E-state index contributed by atoms with van der Waals surface area (Å²) >= 11 is 0. The first-order valence-corrected chi connectivity index (χ1v) is 10.2. The first kappa shape index (κ1) is 19.4. The molecule has 5 rings (SSSR count). The summed E-state index contributed by atoms with van der Waals surface area (Å²) in [5.41, 5.74) is 1.42. The number of hydrogen-bond acceptors (Lipinski definition) is 5. The lowest BCUT2D eigenvalue weighted by atomic mass is 9.85. The van der Waals surface area contributed by atoms with Crippen molar-refractivity contribution in [3.8, 4) is 11.5 Å². The lowest BCUT2D eigenvalue weighted by Gasteiger charge is -2.17. The molecule has 7 heteroatoms. The van der Waals surface area contributed by atoms with Crippen molar-refractivity contribution in [2.75, 3.05) is 24.4 Å². The van der Waals surface area contributed by atoms with Gasteiger partial charge in [0.2, 0.25) is 11.8 Å². The number of fused-ring (bicyclic) bond motifs is 5. The molecule has 2 aromatic carbocycles. The van der Waals surface area contributed by atoms with E-state index in [9.17, 15) is 14.4 Å². The van der Waals surface area contributed by atoms with E-state index >= 15 is 0 Å². The highest BCUT2D eigenvalue weighted by molar-refractivity contribution is 6.23. The van der Waals surface area contributed by atoms with E-state index in [0.29, 0.717) is 28.4 Å². The van der Waals surface area contributed by atoms with Gasteiger partial charge in [-0.15, -0.1) is 0 Å². The lowest BCUT2D eigenvalue weighted by Crippen LogP contribution is -2.32. The summed E-state index contributed by atoms with van der Waals surface area (Å²) in [5.74, 6) is 0.357. The topological polar surface area (TPSA) is 84.9 Å². The van der Waals surface area contributed by atoms with Crippen LogP contribution in [-0.2, 0) is 9.59 Å². The molecule has 7 nitrogen and oxygen atoms in total. The molecule has 3 aliphatic rings. The number of carbonyl (C=O) groups excluding carboxylic acids is 3. The van der Waals surface area contributed by atoms with E-state index in [1.54, 1.807) is 49.6 Å². The minimum atomic E-state index is -0.326. The molecule has 31 heavy (non-hydrogen) atoms. The molecule has 4 atom stereocenters. The van der Waals surface area contributed by atoms with E-state index in [-0.39, 0.29) is 41.4 Å². The van der Waals surface area contributed by atoms with Crippen LogP contribution in [0.2, 0.25) is 0 Å². The Balaban J connectivity index is 1.33. The Hall–Kier alpha value is -3.61. The SMILES string of the molecule is COc1ccc(NC(=O)c2ccc(N3C(=O)[C@H]4[C@H](C3=O)[C@H]3C=C[C@@H]4C3)cc2)c(OC)c1. The van der Waals surface area contributed by atoms with Gasteiger partial charge >= 0.3 is 0 Å². The fraction of sp³-hybridized carbons (Fsp3) is 0.292. The highest BCUT2D eigenvalue weighted by Crippen LogP contribution is 2.53. The summed E-state index contributed by atoms with van der Waals surface area (Å²) in [7, 11) is 3.07. The van der Waals surface area contributed by atoms with Gasteiger partial charge in [0.25, 0.3) is 5.91 Å². The van der Waals surface area contributed by atoms with Crippen LogP contribution in [0, 0.1) is 23.7 Å². The zero-order chi connectivity index (χ0) is 21.7. The second-order valence-corrected chi connectivity index (χ2v) is 8.08. The highest BCUT2D eigenvalue weighted by atomic mass is 16.5. The molecular weight excluding hydrogens is 396 g/mol. The molecule has 0 spiro atoms. The minimum absolute atomic E-state index is 0.132. The van der Waals surface area contributed by atoms with Crippen molar-refractivity contribution in [1.29, 1.82) is 0 Å². The summed E-state index contributed by atoms with van der Waals surface area (Å²) < 4.78 is 10.5. The van der Waals surface area contributed by atoms with Gasteiger partial charge in [-0.3, -0.25) is 19.3 Å². The van der Waals surface area contributed by atoms with Crippen LogP contribution in [0.4, 0.5) is 11.4 Å². The molecule has 0 aromatic heterocycles. The first-order chi connectivity index (χ1) is 15.0. The average Bonchev–Trinajstić information content (AvgIpc) is 3.48. The van der Waals surface area contributed by atoms with Crippen molar-refractivity contribution >= 4 is 29.1 Å². The Morgan fingerprint density at radius 1 is 0.935 bits per heavy atom. The monoisotopic (exact) mass is 418 g/mol. The van der Waals surface area contributed by atoms with Crippen molar-refractivity contribution < 1.29 is 23.9 Å². The van der Waals surface area contributed by atoms with Crippen LogP contribution in [-0.4, -0.2) is 31.9 Å². The maximum Gasteiger partial charge on any atom is 0.255 e. The van der Waals surface area contributed by atoms with Gasteiger partial charge in [-0.2, -0.15) is 0 Å².